The molecule has 4 nitrogen and oxygen atoms in total. The van der Waals surface area contributed by atoms with E-state index in [2.05, 4.69) is 5.32 Å². The Kier molecular flexibility index (Phi) is 5.16. The third-order valence-electron chi connectivity index (χ3n) is 2.89. The Balaban J connectivity index is 3.17. The summed E-state index contributed by atoms with van der Waals surface area (Å²) in [5.41, 5.74) is 1.50. The predicted molar refractivity (Wildman–Crippen MR) is 71.8 cm³/mol. The topological polar surface area (TPSA) is 47.6 Å². The smallest absolute Gasteiger partial charge is 0.183 e. The van der Waals surface area contributed by atoms with Gasteiger partial charge >= 0.3 is 0 Å². The molecule has 0 aromatic heterocycles. The molecular formula is C14H21NO3. The van der Waals surface area contributed by atoms with Crippen molar-refractivity contribution < 1.29 is 14.3 Å². The summed E-state index contributed by atoms with van der Waals surface area (Å²) in [4.78, 5) is 12.3. The number of aryl methyl sites for hydroxylation is 1. The van der Waals surface area contributed by atoms with Gasteiger partial charge in [-0.25, -0.2) is 0 Å². The number of hydrogen-bond donors (Lipinski definition) is 1. The van der Waals surface area contributed by atoms with Gasteiger partial charge < -0.3 is 14.8 Å². The van der Waals surface area contributed by atoms with Crippen LogP contribution in [0.4, 0.5) is 0 Å². The highest BCUT2D eigenvalue weighted by atomic mass is 16.5. The maximum atomic E-state index is 12.3. The van der Waals surface area contributed by atoms with Crippen LogP contribution in [0.15, 0.2) is 12.1 Å². The minimum atomic E-state index is -0.240. The third kappa shape index (κ3) is 3.01. The molecule has 1 rings (SSSR count). The van der Waals surface area contributed by atoms with Gasteiger partial charge in [0, 0.05) is 0 Å². The van der Waals surface area contributed by atoms with Crippen molar-refractivity contribution in [3.05, 3.63) is 23.3 Å². The summed E-state index contributed by atoms with van der Waals surface area (Å²) < 4.78 is 10.5. The molecule has 0 bridgehead atoms. The first-order chi connectivity index (χ1) is 8.54. The van der Waals surface area contributed by atoms with Crippen LogP contribution in [-0.2, 0) is 0 Å². The van der Waals surface area contributed by atoms with E-state index in [4.69, 9.17) is 9.47 Å². The van der Waals surface area contributed by atoms with Crippen LogP contribution in [0.5, 0.6) is 11.5 Å². The Morgan fingerprint density at radius 2 is 1.89 bits per heavy atom. The lowest BCUT2D eigenvalue weighted by Crippen LogP contribution is -2.33. The number of carbonyl (C=O) groups excluding carboxylic acids is 1. The predicted octanol–water partition coefficient (Wildman–Crippen LogP) is 2.19. The molecule has 0 spiro atoms. The first kappa shape index (κ1) is 14.5. The molecule has 0 saturated heterocycles. The van der Waals surface area contributed by atoms with Gasteiger partial charge in [0.15, 0.2) is 5.78 Å². The Hall–Kier alpha value is -1.55. The maximum Gasteiger partial charge on any atom is 0.183 e. The van der Waals surface area contributed by atoms with Crippen LogP contribution in [0.1, 0.15) is 29.8 Å². The zero-order chi connectivity index (χ0) is 13.7. The molecule has 0 saturated carbocycles. The zero-order valence-corrected chi connectivity index (χ0v) is 11.7. The number of ketones is 1. The van der Waals surface area contributed by atoms with Gasteiger partial charge in [-0.2, -0.15) is 0 Å². The number of carbonyl (C=O) groups is 1. The molecule has 0 fully saturated rings. The van der Waals surface area contributed by atoms with E-state index in [1.807, 2.05) is 26.8 Å². The van der Waals surface area contributed by atoms with Crippen LogP contribution in [0.3, 0.4) is 0 Å². The lowest BCUT2D eigenvalue weighted by molar-refractivity contribution is 0.0948. The second-order valence-electron chi connectivity index (χ2n) is 4.17. The lowest BCUT2D eigenvalue weighted by atomic mass is 10.0. The molecule has 0 radical (unpaired) electrons. The van der Waals surface area contributed by atoms with Crippen molar-refractivity contribution in [2.45, 2.75) is 26.8 Å². The first-order valence-electron chi connectivity index (χ1n) is 6.05. The van der Waals surface area contributed by atoms with E-state index in [1.54, 1.807) is 20.3 Å². The van der Waals surface area contributed by atoms with E-state index in [0.29, 0.717) is 17.1 Å². The number of nitrogens with one attached hydrogen (secondary N) is 1. The number of hydrogen-bond acceptors (Lipinski definition) is 4. The van der Waals surface area contributed by atoms with Gasteiger partial charge in [-0.15, -0.1) is 0 Å². The number of benzene rings is 1. The molecular weight excluding hydrogens is 230 g/mol. The van der Waals surface area contributed by atoms with Crippen molar-refractivity contribution in [3.8, 4) is 11.5 Å². The number of methoxy groups -OCH3 is 2. The Morgan fingerprint density at radius 3 is 2.39 bits per heavy atom. The van der Waals surface area contributed by atoms with E-state index >= 15 is 0 Å². The average molecular weight is 251 g/mol. The van der Waals surface area contributed by atoms with Crippen LogP contribution in [0, 0.1) is 6.92 Å². The van der Waals surface area contributed by atoms with E-state index < -0.39 is 0 Å². The highest BCUT2D eigenvalue weighted by Gasteiger charge is 2.20. The minimum absolute atomic E-state index is 0.00648. The minimum Gasteiger partial charge on any atom is -0.496 e. The number of Topliss-reactive ketones (excluding diaryl/α,β-unsaturated/α-hetero) is 1. The largest absolute Gasteiger partial charge is 0.496 e. The summed E-state index contributed by atoms with van der Waals surface area (Å²) in [5.74, 6) is 1.29. The van der Waals surface area contributed by atoms with Gasteiger partial charge in [-0.3, -0.25) is 4.79 Å². The van der Waals surface area contributed by atoms with Gasteiger partial charge in [-0.05, 0) is 38.1 Å². The first-order valence-corrected chi connectivity index (χ1v) is 6.05. The fraction of sp³-hybridized carbons (Fsp3) is 0.500. The van der Waals surface area contributed by atoms with Crippen molar-refractivity contribution in [2.24, 2.45) is 0 Å². The third-order valence-corrected chi connectivity index (χ3v) is 2.89. The number of rotatable bonds is 6. The summed E-state index contributed by atoms with van der Waals surface area (Å²) >= 11 is 0. The van der Waals surface area contributed by atoms with Gasteiger partial charge in [-0.1, -0.05) is 6.92 Å². The summed E-state index contributed by atoms with van der Waals surface area (Å²) in [6.07, 6.45) is 0. The molecule has 1 N–H and O–H groups in total. The average Bonchev–Trinajstić information content (AvgIpc) is 2.37. The monoisotopic (exact) mass is 251 g/mol. The second kappa shape index (κ2) is 6.40. The second-order valence-corrected chi connectivity index (χ2v) is 4.17. The van der Waals surface area contributed by atoms with Crippen LogP contribution in [-0.4, -0.2) is 32.6 Å². The highest BCUT2D eigenvalue weighted by Crippen LogP contribution is 2.29. The molecule has 0 amide bonds. The van der Waals surface area contributed by atoms with E-state index in [1.165, 1.54) is 0 Å². The van der Waals surface area contributed by atoms with E-state index in [0.717, 1.165) is 12.1 Å². The van der Waals surface area contributed by atoms with Gasteiger partial charge in [0.2, 0.25) is 0 Å². The summed E-state index contributed by atoms with van der Waals surface area (Å²) in [5, 5.41) is 3.10. The van der Waals surface area contributed by atoms with Crippen LogP contribution in [0.2, 0.25) is 0 Å². The number of likely N-dealkylation sites (N-methyl/N-ethyl adjacent to an activating group) is 1. The lowest BCUT2D eigenvalue weighted by Gasteiger charge is -2.16. The molecule has 100 valence electrons. The van der Waals surface area contributed by atoms with Crippen molar-refractivity contribution in [1.82, 2.24) is 5.32 Å². The summed E-state index contributed by atoms with van der Waals surface area (Å²) in [6, 6.07) is 3.33. The summed E-state index contributed by atoms with van der Waals surface area (Å²) in [6.45, 7) is 6.48. The van der Waals surface area contributed by atoms with E-state index in [9.17, 15) is 4.79 Å². The summed E-state index contributed by atoms with van der Waals surface area (Å²) in [7, 11) is 3.16. The van der Waals surface area contributed by atoms with Crippen LogP contribution < -0.4 is 14.8 Å². The maximum absolute atomic E-state index is 12.3. The van der Waals surface area contributed by atoms with Gasteiger partial charge in [0.25, 0.3) is 0 Å². The molecule has 0 heterocycles. The number of ether oxygens (including phenoxy) is 2. The molecule has 1 unspecified atom stereocenters. The van der Waals surface area contributed by atoms with Crippen molar-refractivity contribution >= 4 is 5.78 Å². The molecule has 0 aliphatic rings. The Morgan fingerprint density at radius 1 is 1.28 bits per heavy atom. The van der Waals surface area contributed by atoms with Crippen LogP contribution >= 0.6 is 0 Å². The fourth-order valence-electron chi connectivity index (χ4n) is 1.88. The molecule has 0 aliphatic heterocycles. The Bertz CT molecular complexity index is 429. The molecule has 4 heteroatoms. The van der Waals surface area contributed by atoms with E-state index in [-0.39, 0.29) is 11.8 Å². The van der Waals surface area contributed by atoms with Gasteiger partial charge in [0.05, 0.1) is 25.8 Å². The Labute approximate surface area is 108 Å². The SMILES string of the molecule is CCNC(C)C(=O)c1cc(OC)c(C)cc1OC. The fourth-order valence-corrected chi connectivity index (χ4v) is 1.88. The van der Waals surface area contributed by atoms with Crippen molar-refractivity contribution in [2.75, 3.05) is 20.8 Å². The molecule has 1 atom stereocenters. The molecule has 0 aliphatic carbocycles. The van der Waals surface area contributed by atoms with Crippen molar-refractivity contribution in [3.63, 3.8) is 0 Å². The quantitative estimate of drug-likeness (QED) is 0.787. The zero-order valence-electron chi connectivity index (χ0n) is 11.7. The molecule has 18 heavy (non-hydrogen) atoms. The van der Waals surface area contributed by atoms with Gasteiger partial charge in [0.1, 0.15) is 11.5 Å². The molecule has 1 aromatic carbocycles. The van der Waals surface area contributed by atoms with Crippen LogP contribution in [0.25, 0.3) is 0 Å². The highest BCUT2D eigenvalue weighted by molar-refractivity contribution is 6.02. The normalized spacial score (nSPS) is 12.1. The van der Waals surface area contributed by atoms with Crippen molar-refractivity contribution in [1.29, 1.82) is 0 Å². The molecule has 1 aromatic rings. The standard InChI is InChI=1S/C14H21NO3/c1-6-15-10(3)14(16)11-8-12(17-4)9(2)7-13(11)18-5/h7-8,10,15H,6H2,1-5H3.